The molecular formula is C18H14Cl2N2O4S. The monoisotopic (exact) mass is 424 g/mol. The average molecular weight is 425 g/mol. The third-order valence-electron chi connectivity index (χ3n) is 4.06. The minimum Gasteiger partial charge on any atom is -0.457 e. The Balaban J connectivity index is 1.79. The van der Waals surface area contributed by atoms with Gasteiger partial charge in [0.05, 0.1) is 21.6 Å². The molecule has 1 aliphatic heterocycles. The maximum Gasteiger partial charge on any atom is 0.262 e. The molecule has 9 heteroatoms. The number of benzene rings is 1. The minimum atomic E-state index is -3.13. The second-order valence-electron chi connectivity index (χ2n) is 6.05. The highest BCUT2D eigenvalue weighted by molar-refractivity contribution is 7.91. The maximum atomic E-state index is 12.2. The fourth-order valence-corrected chi connectivity index (χ4v) is 4.80. The summed E-state index contributed by atoms with van der Waals surface area (Å²) in [6.45, 7) is 0. The van der Waals surface area contributed by atoms with Gasteiger partial charge in [0, 0.05) is 17.7 Å². The van der Waals surface area contributed by atoms with E-state index in [1.165, 1.54) is 6.08 Å². The van der Waals surface area contributed by atoms with E-state index >= 15 is 0 Å². The van der Waals surface area contributed by atoms with Crippen LogP contribution < -0.4 is 5.32 Å². The van der Waals surface area contributed by atoms with Crippen LogP contribution in [0.4, 0.5) is 0 Å². The van der Waals surface area contributed by atoms with E-state index in [1.54, 1.807) is 36.4 Å². The molecule has 1 unspecified atom stereocenters. The minimum absolute atomic E-state index is 0.0332. The summed E-state index contributed by atoms with van der Waals surface area (Å²) in [5.41, 5.74) is 0.403. The SMILES string of the molecule is N#CC(=Cc1ccc(-c2cccc(Cl)c2Cl)o1)C(=O)NC1CCS(=O)(=O)C1. The van der Waals surface area contributed by atoms with Crippen molar-refractivity contribution < 1.29 is 17.6 Å². The van der Waals surface area contributed by atoms with Gasteiger partial charge in [0.1, 0.15) is 23.2 Å². The topological polar surface area (TPSA) is 100 Å². The second kappa shape index (κ2) is 7.77. The summed E-state index contributed by atoms with van der Waals surface area (Å²) >= 11 is 12.2. The number of halogens is 2. The van der Waals surface area contributed by atoms with Crippen LogP contribution in [0.5, 0.6) is 0 Å². The number of hydrogen-bond acceptors (Lipinski definition) is 5. The van der Waals surface area contributed by atoms with E-state index in [0.29, 0.717) is 27.8 Å². The molecular weight excluding hydrogens is 411 g/mol. The Labute approximate surface area is 166 Å². The van der Waals surface area contributed by atoms with Crippen molar-refractivity contribution in [1.29, 1.82) is 5.26 Å². The fourth-order valence-electron chi connectivity index (χ4n) is 2.73. The lowest BCUT2D eigenvalue weighted by Gasteiger charge is -2.09. The Morgan fingerprint density at radius 1 is 1.30 bits per heavy atom. The van der Waals surface area contributed by atoms with E-state index in [-0.39, 0.29) is 22.8 Å². The van der Waals surface area contributed by atoms with Crippen molar-refractivity contribution >= 4 is 45.0 Å². The van der Waals surface area contributed by atoms with E-state index in [2.05, 4.69) is 5.32 Å². The van der Waals surface area contributed by atoms with E-state index in [9.17, 15) is 18.5 Å². The third kappa shape index (κ3) is 4.53. The maximum absolute atomic E-state index is 12.2. The Hall–Kier alpha value is -2.27. The first-order chi connectivity index (χ1) is 12.8. The first-order valence-electron chi connectivity index (χ1n) is 7.96. The average Bonchev–Trinajstić information content (AvgIpc) is 3.21. The van der Waals surface area contributed by atoms with Crippen molar-refractivity contribution in [2.45, 2.75) is 12.5 Å². The Morgan fingerprint density at radius 2 is 2.07 bits per heavy atom. The molecule has 1 amide bonds. The van der Waals surface area contributed by atoms with Crippen molar-refractivity contribution in [3.05, 3.63) is 51.7 Å². The van der Waals surface area contributed by atoms with Crippen molar-refractivity contribution in [1.82, 2.24) is 5.32 Å². The van der Waals surface area contributed by atoms with Gasteiger partial charge in [-0.15, -0.1) is 0 Å². The van der Waals surface area contributed by atoms with Crippen LogP contribution >= 0.6 is 23.2 Å². The van der Waals surface area contributed by atoms with Gasteiger partial charge < -0.3 is 9.73 Å². The molecule has 0 bridgehead atoms. The summed E-state index contributed by atoms with van der Waals surface area (Å²) < 4.78 is 28.6. The smallest absolute Gasteiger partial charge is 0.262 e. The Kier molecular flexibility index (Phi) is 5.61. The zero-order valence-corrected chi connectivity index (χ0v) is 16.2. The highest BCUT2D eigenvalue weighted by Crippen LogP contribution is 2.34. The predicted molar refractivity (Wildman–Crippen MR) is 103 cm³/mol. The zero-order valence-electron chi connectivity index (χ0n) is 13.9. The molecule has 0 spiro atoms. The van der Waals surface area contributed by atoms with Crippen LogP contribution in [-0.4, -0.2) is 31.9 Å². The summed E-state index contributed by atoms with van der Waals surface area (Å²) in [6, 6.07) is 9.68. The lowest BCUT2D eigenvalue weighted by atomic mass is 10.2. The number of rotatable bonds is 4. The van der Waals surface area contributed by atoms with Crippen LogP contribution in [0.3, 0.4) is 0 Å². The zero-order chi connectivity index (χ0) is 19.6. The van der Waals surface area contributed by atoms with Crippen LogP contribution in [-0.2, 0) is 14.6 Å². The fraction of sp³-hybridized carbons (Fsp3) is 0.222. The number of sulfone groups is 1. The molecule has 1 aromatic heterocycles. The van der Waals surface area contributed by atoms with E-state index in [0.717, 1.165) is 0 Å². The van der Waals surface area contributed by atoms with Gasteiger partial charge in [0.25, 0.3) is 5.91 Å². The third-order valence-corrected chi connectivity index (χ3v) is 6.65. The predicted octanol–water partition coefficient (Wildman–Crippen LogP) is 3.46. The summed E-state index contributed by atoms with van der Waals surface area (Å²) in [6.07, 6.45) is 1.63. The van der Waals surface area contributed by atoms with E-state index in [1.807, 2.05) is 0 Å². The lowest BCUT2D eigenvalue weighted by molar-refractivity contribution is -0.117. The quantitative estimate of drug-likeness (QED) is 0.597. The second-order valence-corrected chi connectivity index (χ2v) is 9.06. The molecule has 0 saturated carbocycles. The van der Waals surface area contributed by atoms with Crippen LogP contribution in [0.2, 0.25) is 10.0 Å². The normalized spacial score (nSPS) is 18.9. The van der Waals surface area contributed by atoms with Gasteiger partial charge in [0.2, 0.25) is 0 Å². The van der Waals surface area contributed by atoms with Crippen LogP contribution in [0.15, 0.2) is 40.3 Å². The van der Waals surface area contributed by atoms with Crippen LogP contribution in [0.1, 0.15) is 12.2 Å². The van der Waals surface area contributed by atoms with Gasteiger partial charge in [-0.05, 0) is 30.7 Å². The van der Waals surface area contributed by atoms with Crippen molar-refractivity contribution in [3.63, 3.8) is 0 Å². The first kappa shape index (κ1) is 19.5. The number of carbonyl (C=O) groups is 1. The molecule has 1 saturated heterocycles. The molecule has 1 aliphatic rings. The molecule has 140 valence electrons. The molecule has 0 aliphatic carbocycles. The molecule has 0 radical (unpaired) electrons. The van der Waals surface area contributed by atoms with Gasteiger partial charge in [-0.25, -0.2) is 8.42 Å². The van der Waals surface area contributed by atoms with Crippen molar-refractivity contribution in [3.8, 4) is 17.4 Å². The molecule has 2 aromatic rings. The number of furan rings is 1. The van der Waals surface area contributed by atoms with Crippen molar-refractivity contribution in [2.24, 2.45) is 0 Å². The summed E-state index contributed by atoms with van der Waals surface area (Å²) in [5, 5.41) is 12.6. The molecule has 6 nitrogen and oxygen atoms in total. The molecule has 1 atom stereocenters. The van der Waals surface area contributed by atoms with Crippen LogP contribution in [0.25, 0.3) is 17.4 Å². The Bertz CT molecular complexity index is 1070. The number of nitrogens with zero attached hydrogens (tertiary/aromatic N) is 1. The van der Waals surface area contributed by atoms with E-state index < -0.39 is 21.8 Å². The highest BCUT2D eigenvalue weighted by atomic mass is 35.5. The Morgan fingerprint density at radius 3 is 2.74 bits per heavy atom. The van der Waals surface area contributed by atoms with Gasteiger partial charge in [0.15, 0.2) is 9.84 Å². The number of hydrogen-bond donors (Lipinski definition) is 1. The summed E-state index contributed by atoms with van der Waals surface area (Å²) in [5.74, 6) is -0.000336. The first-order valence-corrected chi connectivity index (χ1v) is 10.5. The summed E-state index contributed by atoms with van der Waals surface area (Å²) in [4.78, 5) is 12.2. The van der Waals surface area contributed by atoms with Crippen LogP contribution in [0, 0.1) is 11.3 Å². The number of nitriles is 1. The molecule has 1 aromatic carbocycles. The van der Waals surface area contributed by atoms with Gasteiger partial charge >= 0.3 is 0 Å². The molecule has 1 N–H and O–H groups in total. The number of carbonyl (C=O) groups excluding carboxylic acids is 1. The van der Waals surface area contributed by atoms with Crippen molar-refractivity contribution in [2.75, 3.05) is 11.5 Å². The number of amides is 1. The molecule has 3 rings (SSSR count). The highest BCUT2D eigenvalue weighted by Gasteiger charge is 2.29. The van der Waals surface area contributed by atoms with Gasteiger partial charge in [-0.3, -0.25) is 4.79 Å². The van der Waals surface area contributed by atoms with E-state index in [4.69, 9.17) is 27.6 Å². The summed E-state index contributed by atoms with van der Waals surface area (Å²) in [7, 11) is -3.13. The lowest BCUT2D eigenvalue weighted by Crippen LogP contribution is -2.36. The van der Waals surface area contributed by atoms with Gasteiger partial charge in [-0.1, -0.05) is 29.3 Å². The number of nitrogens with one attached hydrogen (secondary N) is 1. The largest absolute Gasteiger partial charge is 0.457 e. The van der Waals surface area contributed by atoms with Gasteiger partial charge in [-0.2, -0.15) is 5.26 Å². The molecule has 2 heterocycles. The molecule has 27 heavy (non-hydrogen) atoms. The standard InChI is InChI=1S/C18H14Cl2N2O4S/c19-15-3-1-2-14(17(15)20)16-5-4-13(26-16)8-11(9-21)18(23)22-12-6-7-27(24,25)10-12/h1-5,8,12H,6-7,10H2,(H,22,23). The molecule has 1 fully saturated rings.